The molecule has 0 fully saturated rings. The molecule has 0 bridgehead atoms. The molecule has 1 aromatic heterocycles. The summed E-state index contributed by atoms with van der Waals surface area (Å²) >= 11 is 0. The number of rotatable bonds is 3. The Balaban J connectivity index is 1.74. The van der Waals surface area contributed by atoms with Gasteiger partial charge in [-0.15, -0.1) is 0 Å². The van der Waals surface area contributed by atoms with E-state index in [9.17, 15) is 9.59 Å². The normalized spacial score (nSPS) is 19.3. The van der Waals surface area contributed by atoms with Gasteiger partial charge in [0.15, 0.2) is 5.78 Å². The molecular weight excluding hydrogens is 416 g/mol. The van der Waals surface area contributed by atoms with Crippen molar-refractivity contribution < 1.29 is 18.7 Å². The average molecular weight is 443 g/mol. The Hall–Kier alpha value is -3.80. The van der Waals surface area contributed by atoms with E-state index in [1.807, 2.05) is 30.3 Å². The zero-order chi connectivity index (χ0) is 23.2. The zero-order valence-corrected chi connectivity index (χ0v) is 18.9. The molecule has 6 nitrogen and oxygen atoms in total. The highest BCUT2D eigenvalue weighted by molar-refractivity contribution is 6.12. The topological polar surface area (TPSA) is 71.8 Å². The van der Waals surface area contributed by atoms with E-state index in [0.29, 0.717) is 41.2 Å². The summed E-state index contributed by atoms with van der Waals surface area (Å²) in [6.07, 6.45) is 2.68. The molecular formula is C27H26N2O4. The molecule has 33 heavy (non-hydrogen) atoms. The van der Waals surface area contributed by atoms with Gasteiger partial charge in [0.1, 0.15) is 17.6 Å². The van der Waals surface area contributed by atoms with E-state index < -0.39 is 6.04 Å². The first-order chi connectivity index (χ1) is 15.9. The van der Waals surface area contributed by atoms with Crippen molar-refractivity contribution in [2.75, 3.05) is 17.3 Å². The summed E-state index contributed by atoms with van der Waals surface area (Å²) in [7, 11) is 1.59. The number of ether oxygens (including phenoxy) is 1. The quantitative estimate of drug-likeness (QED) is 0.560. The van der Waals surface area contributed by atoms with Crippen LogP contribution < -0.4 is 15.0 Å². The standard InChI is InChI=1S/C27H26N2O4/c1-27(2)15-20-24(22(30)16-27)25(23-9-6-14-33-23)29(21-8-5-4-7-19(21)28-20)26(31)17-10-12-18(32-3)13-11-17/h4-14,25,28H,15-16H2,1-3H3/t25-/m0/s1. The molecule has 1 atom stereocenters. The highest BCUT2D eigenvalue weighted by atomic mass is 16.5. The minimum absolute atomic E-state index is 0.0236. The van der Waals surface area contributed by atoms with Crippen LogP contribution in [0.3, 0.4) is 0 Å². The highest BCUT2D eigenvalue weighted by Crippen LogP contribution is 2.48. The van der Waals surface area contributed by atoms with Gasteiger partial charge in [-0.1, -0.05) is 26.0 Å². The van der Waals surface area contributed by atoms with E-state index in [4.69, 9.17) is 9.15 Å². The third-order valence-electron chi connectivity index (χ3n) is 6.27. The maximum atomic E-state index is 14.0. The van der Waals surface area contributed by atoms with Gasteiger partial charge in [-0.05, 0) is 60.4 Å². The van der Waals surface area contributed by atoms with Crippen LogP contribution in [0.1, 0.15) is 48.8 Å². The first-order valence-corrected chi connectivity index (χ1v) is 11.0. The predicted molar refractivity (Wildman–Crippen MR) is 126 cm³/mol. The van der Waals surface area contributed by atoms with Crippen LogP contribution in [-0.2, 0) is 4.79 Å². The molecule has 0 unspecified atom stereocenters. The molecule has 1 amide bonds. The van der Waals surface area contributed by atoms with Crippen LogP contribution in [0.2, 0.25) is 0 Å². The molecule has 0 saturated heterocycles. The van der Waals surface area contributed by atoms with Gasteiger partial charge in [0.2, 0.25) is 0 Å². The lowest BCUT2D eigenvalue weighted by Gasteiger charge is -2.36. The van der Waals surface area contributed by atoms with Crippen LogP contribution in [0.15, 0.2) is 82.6 Å². The van der Waals surface area contributed by atoms with Gasteiger partial charge >= 0.3 is 0 Å². The molecule has 2 heterocycles. The minimum Gasteiger partial charge on any atom is -0.497 e. The summed E-state index contributed by atoms with van der Waals surface area (Å²) in [4.78, 5) is 29.2. The molecule has 168 valence electrons. The van der Waals surface area contributed by atoms with Crippen LogP contribution in [0, 0.1) is 5.41 Å². The number of benzene rings is 2. The summed E-state index contributed by atoms with van der Waals surface area (Å²) in [6, 6.07) is 17.6. The van der Waals surface area contributed by atoms with Gasteiger partial charge in [-0.25, -0.2) is 0 Å². The maximum Gasteiger partial charge on any atom is 0.259 e. The van der Waals surface area contributed by atoms with E-state index in [0.717, 1.165) is 11.4 Å². The van der Waals surface area contributed by atoms with Crippen molar-refractivity contribution in [2.24, 2.45) is 5.41 Å². The molecule has 3 aromatic rings. The van der Waals surface area contributed by atoms with Crippen molar-refractivity contribution >= 4 is 23.1 Å². The third kappa shape index (κ3) is 3.71. The molecule has 2 aromatic carbocycles. The number of fused-ring (bicyclic) bond motifs is 1. The number of ketones is 1. The van der Waals surface area contributed by atoms with E-state index >= 15 is 0 Å². The molecule has 1 N–H and O–H groups in total. The molecule has 6 heteroatoms. The molecule has 0 spiro atoms. The fourth-order valence-corrected chi connectivity index (χ4v) is 4.80. The third-order valence-corrected chi connectivity index (χ3v) is 6.27. The van der Waals surface area contributed by atoms with E-state index in [2.05, 4.69) is 19.2 Å². The van der Waals surface area contributed by atoms with Crippen molar-refractivity contribution in [1.29, 1.82) is 0 Å². The second kappa shape index (κ2) is 7.96. The number of hydrogen-bond donors (Lipinski definition) is 1. The Bertz CT molecular complexity index is 1240. The predicted octanol–water partition coefficient (Wildman–Crippen LogP) is 5.75. The summed E-state index contributed by atoms with van der Waals surface area (Å²) in [5.41, 5.74) is 3.22. The fourth-order valence-electron chi connectivity index (χ4n) is 4.80. The molecule has 2 aliphatic rings. The van der Waals surface area contributed by atoms with Gasteiger partial charge in [0.05, 0.1) is 24.7 Å². The number of furan rings is 1. The average Bonchev–Trinajstić information content (AvgIpc) is 3.28. The Morgan fingerprint density at radius 3 is 2.52 bits per heavy atom. The van der Waals surface area contributed by atoms with Gasteiger partial charge in [-0.3, -0.25) is 14.5 Å². The number of nitrogens with zero attached hydrogens (tertiary/aromatic N) is 1. The van der Waals surface area contributed by atoms with Crippen molar-refractivity contribution in [3.63, 3.8) is 0 Å². The first-order valence-electron chi connectivity index (χ1n) is 11.0. The summed E-state index contributed by atoms with van der Waals surface area (Å²) in [6.45, 7) is 4.19. The van der Waals surface area contributed by atoms with Crippen molar-refractivity contribution in [3.05, 3.63) is 89.5 Å². The Labute approximate surface area is 192 Å². The van der Waals surface area contributed by atoms with Crippen LogP contribution in [0.25, 0.3) is 0 Å². The highest BCUT2D eigenvalue weighted by Gasteiger charge is 2.44. The molecule has 0 radical (unpaired) electrons. The number of anilines is 2. The van der Waals surface area contributed by atoms with Crippen molar-refractivity contribution in [2.45, 2.75) is 32.7 Å². The lowest BCUT2D eigenvalue weighted by molar-refractivity contribution is -0.118. The number of carbonyl (C=O) groups is 2. The second-order valence-corrected chi connectivity index (χ2v) is 9.30. The number of para-hydroxylation sites is 2. The summed E-state index contributed by atoms with van der Waals surface area (Å²) in [5, 5.41) is 3.50. The van der Waals surface area contributed by atoms with Crippen LogP contribution in [0.4, 0.5) is 11.4 Å². The Morgan fingerprint density at radius 1 is 1.06 bits per heavy atom. The van der Waals surface area contributed by atoms with Gasteiger partial charge in [-0.2, -0.15) is 0 Å². The molecule has 1 aliphatic heterocycles. The minimum atomic E-state index is -0.677. The maximum absolute atomic E-state index is 14.0. The second-order valence-electron chi connectivity index (χ2n) is 9.30. The summed E-state index contributed by atoms with van der Waals surface area (Å²) < 4.78 is 11.1. The number of Topliss-reactive ketones (excluding diaryl/α,β-unsaturated/α-hetero) is 1. The first kappa shape index (κ1) is 21.1. The van der Waals surface area contributed by atoms with Crippen LogP contribution >= 0.6 is 0 Å². The fraction of sp³-hybridized carbons (Fsp3) is 0.259. The number of carbonyl (C=O) groups excluding carboxylic acids is 2. The smallest absolute Gasteiger partial charge is 0.259 e. The van der Waals surface area contributed by atoms with Crippen LogP contribution in [-0.4, -0.2) is 18.8 Å². The van der Waals surface area contributed by atoms with Crippen molar-refractivity contribution in [3.8, 4) is 5.75 Å². The monoisotopic (exact) mass is 442 g/mol. The number of nitrogens with one attached hydrogen (secondary N) is 1. The van der Waals surface area contributed by atoms with Crippen LogP contribution in [0.5, 0.6) is 5.75 Å². The lowest BCUT2D eigenvalue weighted by Crippen LogP contribution is -2.39. The number of hydrogen-bond acceptors (Lipinski definition) is 5. The number of amides is 1. The van der Waals surface area contributed by atoms with E-state index in [1.165, 1.54) is 0 Å². The molecule has 5 rings (SSSR count). The van der Waals surface area contributed by atoms with Gasteiger partial charge in [0.25, 0.3) is 5.91 Å². The van der Waals surface area contributed by atoms with E-state index in [-0.39, 0.29) is 17.1 Å². The van der Waals surface area contributed by atoms with E-state index in [1.54, 1.807) is 48.6 Å². The Morgan fingerprint density at radius 2 is 1.82 bits per heavy atom. The molecule has 0 saturated carbocycles. The van der Waals surface area contributed by atoms with Gasteiger partial charge < -0.3 is 14.5 Å². The summed E-state index contributed by atoms with van der Waals surface area (Å²) in [5.74, 6) is 1.02. The number of methoxy groups -OCH3 is 1. The Kier molecular flexibility index (Phi) is 5.08. The van der Waals surface area contributed by atoms with Gasteiger partial charge in [0, 0.05) is 23.3 Å². The number of allylic oxidation sites excluding steroid dienone is 1. The SMILES string of the molecule is COc1ccc(C(=O)N2c3ccccc3NC3=C(C(=O)CC(C)(C)C3)[C@@H]2c2ccco2)cc1. The lowest BCUT2D eigenvalue weighted by atomic mass is 9.74. The zero-order valence-electron chi connectivity index (χ0n) is 18.9. The van der Waals surface area contributed by atoms with Crippen molar-refractivity contribution in [1.82, 2.24) is 0 Å². The molecule has 1 aliphatic carbocycles. The largest absolute Gasteiger partial charge is 0.497 e.